The number of benzene rings is 1. The molecule has 1 unspecified atom stereocenters. The number of hydrogen-bond donors (Lipinski definition) is 1. The van der Waals surface area contributed by atoms with Crippen molar-refractivity contribution in [3.05, 3.63) is 33.4 Å². The van der Waals surface area contributed by atoms with E-state index in [9.17, 15) is 9.59 Å². The standard InChI is InChI=1S/C15H19IN2O2/c1-11(15(20)18-9-3-2-4-10-18)17-14(19)12-5-7-13(16)8-6-12/h5-8,11H,2-4,9-10H2,1H3,(H,17,19). The third kappa shape index (κ3) is 3.94. The van der Waals surface area contributed by atoms with Crippen molar-refractivity contribution in [3.8, 4) is 0 Å². The molecule has 0 aromatic heterocycles. The van der Waals surface area contributed by atoms with Crippen LogP contribution in [-0.4, -0.2) is 35.8 Å². The molecule has 1 N–H and O–H groups in total. The number of hydrogen-bond acceptors (Lipinski definition) is 2. The van der Waals surface area contributed by atoms with E-state index in [-0.39, 0.29) is 11.8 Å². The first-order chi connectivity index (χ1) is 9.58. The second-order valence-electron chi connectivity index (χ2n) is 5.09. The Bertz CT molecular complexity index is 481. The molecule has 1 aliphatic rings. The Morgan fingerprint density at radius 1 is 1.15 bits per heavy atom. The molecular formula is C15H19IN2O2. The second kappa shape index (κ2) is 7.06. The molecule has 2 amide bonds. The smallest absolute Gasteiger partial charge is 0.251 e. The summed E-state index contributed by atoms with van der Waals surface area (Å²) in [7, 11) is 0. The van der Waals surface area contributed by atoms with E-state index in [2.05, 4.69) is 27.9 Å². The van der Waals surface area contributed by atoms with E-state index in [1.54, 1.807) is 19.1 Å². The maximum absolute atomic E-state index is 12.2. The van der Waals surface area contributed by atoms with Gasteiger partial charge in [-0.3, -0.25) is 9.59 Å². The summed E-state index contributed by atoms with van der Waals surface area (Å²) in [4.78, 5) is 26.1. The predicted octanol–water partition coefficient (Wildman–Crippen LogP) is 2.42. The summed E-state index contributed by atoms with van der Waals surface area (Å²) in [5.74, 6) is -0.178. The zero-order valence-corrected chi connectivity index (χ0v) is 13.7. The topological polar surface area (TPSA) is 49.4 Å². The van der Waals surface area contributed by atoms with Gasteiger partial charge < -0.3 is 10.2 Å². The number of rotatable bonds is 3. The summed E-state index contributed by atoms with van der Waals surface area (Å²) < 4.78 is 1.08. The van der Waals surface area contributed by atoms with Crippen LogP contribution >= 0.6 is 22.6 Å². The van der Waals surface area contributed by atoms with Crippen LogP contribution in [0.3, 0.4) is 0 Å². The van der Waals surface area contributed by atoms with Gasteiger partial charge in [-0.05, 0) is 73.0 Å². The fraction of sp³-hybridized carbons (Fsp3) is 0.467. The van der Waals surface area contributed by atoms with Crippen molar-refractivity contribution in [2.75, 3.05) is 13.1 Å². The first-order valence-electron chi connectivity index (χ1n) is 6.93. The van der Waals surface area contributed by atoms with E-state index in [0.29, 0.717) is 5.56 Å². The molecule has 0 saturated carbocycles. The van der Waals surface area contributed by atoms with Gasteiger partial charge in [-0.25, -0.2) is 0 Å². The summed E-state index contributed by atoms with van der Waals surface area (Å²) in [6.07, 6.45) is 3.31. The maximum atomic E-state index is 12.2. The molecule has 108 valence electrons. The van der Waals surface area contributed by atoms with Crippen molar-refractivity contribution in [2.45, 2.75) is 32.2 Å². The number of carbonyl (C=O) groups excluding carboxylic acids is 2. The van der Waals surface area contributed by atoms with Gasteiger partial charge >= 0.3 is 0 Å². The van der Waals surface area contributed by atoms with Gasteiger partial charge in [-0.1, -0.05) is 0 Å². The quantitative estimate of drug-likeness (QED) is 0.812. The molecule has 5 heteroatoms. The fourth-order valence-corrected chi connectivity index (χ4v) is 2.69. The van der Waals surface area contributed by atoms with Gasteiger partial charge in [0.05, 0.1) is 0 Å². The van der Waals surface area contributed by atoms with E-state index < -0.39 is 6.04 Å². The molecule has 0 aliphatic carbocycles. The van der Waals surface area contributed by atoms with Crippen LogP contribution in [0.25, 0.3) is 0 Å². The Morgan fingerprint density at radius 3 is 2.35 bits per heavy atom. The van der Waals surface area contributed by atoms with Gasteiger partial charge in [0.15, 0.2) is 0 Å². The highest BCUT2D eigenvalue weighted by atomic mass is 127. The lowest BCUT2D eigenvalue weighted by Gasteiger charge is -2.29. The molecule has 1 atom stereocenters. The Kier molecular flexibility index (Phi) is 5.39. The van der Waals surface area contributed by atoms with E-state index in [1.807, 2.05) is 17.0 Å². The molecule has 1 aliphatic heterocycles. The minimum atomic E-state index is -0.472. The van der Waals surface area contributed by atoms with Gasteiger partial charge in [0.2, 0.25) is 5.91 Å². The first kappa shape index (κ1) is 15.3. The van der Waals surface area contributed by atoms with Crippen molar-refractivity contribution in [3.63, 3.8) is 0 Å². The van der Waals surface area contributed by atoms with Gasteiger partial charge in [-0.2, -0.15) is 0 Å². The van der Waals surface area contributed by atoms with Gasteiger partial charge in [-0.15, -0.1) is 0 Å². The Balaban J connectivity index is 1.92. The van der Waals surface area contributed by atoms with Crippen LogP contribution in [0.4, 0.5) is 0 Å². The normalized spacial score (nSPS) is 16.6. The molecule has 2 rings (SSSR count). The summed E-state index contributed by atoms with van der Waals surface area (Å²) >= 11 is 2.19. The SMILES string of the molecule is CC(NC(=O)c1ccc(I)cc1)C(=O)N1CCCCC1. The van der Waals surface area contributed by atoms with E-state index in [4.69, 9.17) is 0 Å². The molecule has 0 spiro atoms. The molecule has 1 aromatic carbocycles. The van der Waals surface area contributed by atoms with Crippen LogP contribution in [0.2, 0.25) is 0 Å². The largest absolute Gasteiger partial charge is 0.341 e. The average molecular weight is 386 g/mol. The number of likely N-dealkylation sites (tertiary alicyclic amines) is 1. The van der Waals surface area contributed by atoms with Crippen molar-refractivity contribution in [1.82, 2.24) is 10.2 Å². The molecule has 4 nitrogen and oxygen atoms in total. The lowest BCUT2D eigenvalue weighted by atomic mass is 10.1. The Morgan fingerprint density at radius 2 is 1.75 bits per heavy atom. The third-order valence-corrected chi connectivity index (χ3v) is 4.21. The highest BCUT2D eigenvalue weighted by Crippen LogP contribution is 2.11. The average Bonchev–Trinajstić information content (AvgIpc) is 2.48. The van der Waals surface area contributed by atoms with Crippen LogP contribution in [0.15, 0.2) is 24.3 Å². The van der Waals surface area contributed by atoms with Crippen LogP contribution < -0.4 is 5.32 Å². The van der Waals surface area contributed by atoms with Crippen LogP contribution in [0.5, 0.6) is 0 Å². The van der Waals surface area contributed by atoms with Gasteiger partial charge in [0.25, 0.3) is 5.91 Å². The minimum absolute atomic E-state index is 0.0172. The minimum Gasteiger partial charge on any atom is -0.341 e. The molecule has 20 heavy (non-hydrogen) atoms. The Labute approximate surface area is 133 Å². The number of nitrogens with zero attached hydrogens (tertiary/aromatic N) is 1. The van der Waals surface area contributed by atoms with Gasteiger partial charge in [0.1, 0.15) is 6.04 Å². The van der Waals surface area contributed by atoms with Crippen molar-refractivity contribution >= 4 is 34.4 Å². The molecule has 0 radical (unpaired) electrons. The van der Waals surface area contributed by atoms with Crippen LogP contribution in [-0.2, 0) is 4.79 Å². The zero-order chi connectivity index (χ0) is 14.5. The van der Waals surface area contributed by atoms with Gasteiger partial charge in [0, 0.05) is 22.2 Å². The maximum Gasteiger partial charge on any atom is 0.251 e. The predicted molar refractivity (Wildman–Crippen MR) is 86.5 cm³/mol. The summed E-state index contributed by atoms with van der Waals surface area (Å²) in [6.45, 7) is 3.37. The van der Waals surface area contributed by atoms with E-state index >= 15 is 0 Å². The fourth-order valence-electron chi connectivity index (χ4n) is 2.33. The second-order valence-corrected chi connectivity index (χ2v) is 6.33. The first-order valence-corrected chi connectivity index (χ1v) is 8.01. The molecule has 1 saturated heterocycles. The van der Waals surface area contributed by atoms with Crippen molar-refractivity contribution < 1.29 is 9.59 Å². The molecular weight excluding hydrogens is 367 g/mol. The summed E-state index contributed by atoms with van der Waals surface area (Å²) in [6, 6.07) is 6.84. The van der Waals surface area contributed by atoms with Crippen molar-refractivity contribution in [1.29, 1.82) is 0 Å². The zero-order valence-electron chi connectivity index (χ0n) is 11.6. The number of nitrogens with one attached hydrogen (secondary N) is 1. The number of piperidine rings is 1. The van der Waals surface area contributed by atoms with E-state index in [1.165, 1.54) is 6.42 Å². The molecule has 1 aromatic rings. The number of halogens is 1. The lowest BCUT2D eigenvalue weighted by molar-refractivity contribution is -0.133. The van der Waals surface area contributed by atoms with E-state index in [0.717, 1.165) is 29.5 Å². The van der Waals surface area contributed by atoms with Crippen molar-refractivity contribution in [2.24, 2.45) is 0 Å². The summed E-state index contributed by atoms with van der Waals surface area (Å²) in [5, 5.41) is 2.78. The highest BCUT2D eigenvalue weighted by Gasteiger charge is 2.23. The summed E-state index contributed by atoms with van der Waals surface area (Å²) in [5.41, 5.74) is 0.587. The number of amides is 2. The highest BCUT2D eigenvalue weighted by molar-refractivity contribution is 14.1. The van der Waals surface area contributed by atoms with Crippen LogP contribution in [0, 0.1) is 3.57 Å². The molecule has 1 heterocycles. The Hall–Kier alpha value is -1.11. The monoisotopic (exact) mass is 386 g/mol. The third-order valence-electron chi connectivity index (χ3n) is 3.49. The van der Waals surface area contributed by atoms with Crippen LogP contribution in [0.1, 0.15) is 36.5 Å². The number of carbonyl (C=O) groups is 2. The molecule has 1 fully saturated rings. The lowest BCUT2D eigenvalue weighted by Crippen LogP contribution is -2.48. The molecule has 0 bridgehead atoms.